The lowest BCUT2D eigenvalue weighted by atomic mass is 9.81. The molecule has 5 aromatic carbocycles. The number of benzene rings is 5. The average Bonchev–Trinajstić information content (AvgIpc) is 3.09. The van der Waals surface area contributed by atoms with E-state index in [0.717, 1.165) is 0 Å². The minimum Gasteiger partial charge on any atom is -0.0622 e. The first-order valence-electron chi connectivity index (χ1n) is 11.6. The van der Waals surface area contributed by atoms with E-state index in [0.29, 0.717) is 0 Å². The highest BCUT2D eigenvalue weighted by Gasteiger charge is 2.35. The van der Waals surface area contributed by atoms with E-state index in [1.807, 2.05) is 0 Å². The summed E-state index contributed by atoms with van der Waals surface area (Å²) in [5.74, 6) is 0. The first kappa shape index (κ1) is 19.8. The van der Waals surface area contributed by atoms with Crippen molar-refractivity contribution < 1.29 is 0 Å². The maximum absolute atomic E-state index is 2.40. The molecule has 0 heterocycles. The molecule has 0 spiro atoms. The van der Waals surface area contributed by atoms with Gasteiger partial charge in [0.15, 0.2) is 0 Å². The number of rotatable bonds is 3. The smallest absolute Gasteiger partial charge is 0.0159 e. The minimum atomic E-state index is -0.0336. The molecule has 33 heavy (non-hydrogen) atoms. The van der Waals surface area contributed by atoms with Gasteiger partial charge in [-0.15, -0.1) is 0 Å². The lowest BCUT2D eigenvalue weighted by molar-refractivity contribution is 0.660. The van der Waals surface area contributed by atoms with Crippen molar-refractivity contribution in [2.45, 2.75) is 19.3 Å². The first-order valence-corrected chi connectivity index (χ1v) is 11.6. The van der Waals surface area contributed by atoms with Crippen LogP contribution in [0.2, 0.25) is 0 Å². The Bertz CT molecular complexity index is 1520. The second-order valence-electron chi connectivity index (χ2n) is 9.50. The van der Waals surface area contributed by atoms with Gasteiger partial charge in [0.1, 0.15) is 0 Å². The normalized spacial score (nSPS) is 13.9. The quantitative estimate of drug-likeness (QED) is 0.254. The second-order valence-corrected chi connectivity index (χ2v) is 9.50. The Morgan fingerprint density at radius 2 is 1.09 bits per heavy atom. The summed E-state index contributed by atoms with van der Waals surface area (Å²) in [6.07, 6.45) is 4.41. The molecule has 6 rings (SSSR count). The van der Waals surface area contributed by atoms with Crippen LogP contribution in [0.15, 0.2) is 109 Å². The van der Waals surface area contributed by atoms with Crippen LogP contribution in [0.4, 0.5) is 0 Å². The predicted molar refractivity (Wildman–Crippen MR) is 142 cm³/mol. The molecule has 0 heteroatoms. The van der Waals surface area contributed by atoms with Gasteiger partial charge < -0.3 is 0 Å². The molecule has 0 radical (unpaired) electrons. The van der Waals surface area contributed by atoms with E-state index in [1.54, 1.807) is 0 Å². The monoisotopic (exact) mass is 422 g/mol. The molecule has 0 amide bonds. The van der Waals surface area contributed by atoms with Gasteiger partial charge in [0.2, 0.25) is 0 Å². The van der Waals surface area contributed by atoms with E-state index in [9.17, 15) is 0 Å². The number of fused-ring (bicyclic) bond motifs is 4. The van der Waals surface area contributed by atoms with Gasteiger partial charge in [-0.3, -0.25) is 0 Å². The van der Waals surface area contributed by atoms with E-state index in [1.165, 1.54) is 55.3 Å². The standard InChI is InChI=1S/C33H26/c1-33(2)31-20-24(13-12-23-8-4-3-5-9-23)14-18-29(31)30-19-17-28(22-32(30)33)27-16-15-25-10-6-7-11-26(25)21-27/h3-22H,1-2H3/b13-12+. The van der Waals surface area contributed by atoms with E-state index in [-0.39, 0.29) is 5.41 Å². The van der Waals surface area contributed by atoms with Crippen LogP contribution in [-0.4, -0.2) is 0 Å². The zero-order valence-corrected chi connectivity index (χ0v) is 19.0. The Morgan fingerprint density at radius 1 is 0.485 bits per heavy atom. The maximum atomic E-state index is 2.40. The van der Waals surface area contributed by atoms with Crippen molar-refractivity contribution in [1.82, 2.24) is 0 Å². The Kier molecular flexibility index (Phi) is 4.55. The molecule has 0 aromatic heterocycles. The van der Waals surface area contributed by atoms with E-state index in [2.05, 4.69) is 135 Å². The molecular weight excluding hydrogens is 396 g/mol. The molecule has 0 unspecified atom stereocenters. The van der Waals surface area contributed by atoms with Gasteiger partial charge in [0.05, 0.1) is 0 Å². The molecule has 0 N–H and O–H groups in total. The zero-order chi connectivity index (χ0) is 22.4. The lowest BCUT2D eigenvalue weighted by Crippen LogP contribution is -2.15. The van der Waals surface area contributed by atoms with Gasteiger partial charge in [0, 0.05) is 5.41 Å². The molecule has 0 saturated carbocycles. The molecule has 5 aromatic rings. The van der Waals surface area contributed by atoms with Crippen LogP contribution in [0.3, 0.4) is 0 Å². The largest absolute Gasteiger partial charge is 0.0622 e. The topological polar surface area (TPSA) is 0 Å². The highest BCUT2D eigenvalue weighted by molar-refractivity contribution is 5.89. The number of hydrogen-bond donors (Lipinski definition) is 0. The van der Waals surface area contributed by atoms with E-state index >= 15 is 0 Å². The molecule has 0 saturated heterocycles. The summed E-state index contributed by atoms with van der Waals surface area (Å²) in [5.41, 5.74) is 10.5. The fraction of sp³-hybridized carbons (Fsp3) is 0.0909. The molecule has 0 fully saturated rings. The molecule has 0 aliphatic heterocycles. The first-order chi connectivity index (χ1) is 16.1. The van der Waals surface area contributed by atoms with Crippen LogP contribution < -0.4 is 0 Å². The van der Waals surface area contributed by atoms with Crippen molar-refractivity contribution in [3.8, 4) is 22.3 Å². The van der Waals surface area contributed by atoms with Crippen LogP contribution in [0.1, 0.15) is 36.1 Å². The van der Waals surface area contributed by atoms with Crippen LogP contribution >= 0.6 is 0 Å². The SMILES string of the molecule is CC1(C)c2cc(/C=C/c3ccccc3)ccc2-c2ccc(-c3ccc4ccccc4c3)cc21. The average molecular weight is 423 g/mol. The molecule has 1 aliphatic carbocycles. The van der Waals surface area contributed by atoms with Gasteiger partial charge in [0.25, 0.3) is 0 Å². The second kappa shape index (κ2) is 7.60. The van der Waals surface area contributed by atoms with Crippen molar-refractivity contribution >= 4 is 22.9 Å². The molecule has 0 bridgehead atoms. The van der Waals surface area contributed by atoms with Crippen molar-refractivity contribution in [2.75, 3.05) is 0 Å². The van der Waals surface area contributed by atoms with Gasteiger partial charge in [-0.2, -0.15) is 0 Å². The van der Waals surface area contributed by atoms with Crippen molar-refractivity contribution in [3.05, 3.63) is 131 Å². The summed E-state index contributed by atoms with van der Waals surface area (Å²) in [5, 5.41) is 2.57. The fourth-order valence-electron chi connectivity index (χ4n) is 5.16. The third-order valence-corrected chi connectivity index (χ3v) is 7.05. The van der Waals surface area contributed by atoms with Crippen molar-refractivity contribution in [1.29, 1.82) is 0 Å². The van der Waals surface area contributed by atoms with Gasteiger partial charge in [-0.1, -0.05) is 123 Å². The Morgan fingerprint density at radius 3 is 1.91 bits per heavy atom. The van der Waals surface area contributed by atoms with Crippen LogP contribution in [-0.2, 0) is 5.41 Å². The highest BCUT2D eigenvalue weighted by atomic mass is 14.4. The van der Waals surface area contributed by atoms with Crippen LogP contribution in [0.25, 0.3) is 45.2 Å². The van der Waals surface area contributed by atoms with Crippen LogP contribution in [0.5, 0.6) is 0 Å². The van der Waals surface area contributed by atoms with Crippen LogP contribution in [0, 0.1) is 0 Å². The van der Waals surface area contributed by atoms with Gasteiger partial charge in [-0.05, 0) is 67.4 Å². The number of hydrogen-bond acceptors (Lipinski definition) is 0. The Hall–Kier alpha value is -3.90. The molecule has 158 valence electrons. The van der Waals surface area contributed by atoms with Gasteiger partial charge >= 0.3 is 0 Å². The molecule has 0 atom stereocenters. The lowest BCUT2D eigenvalue weighted by Gasteiger charge is -2.22. The summed E-state index contributed by atoms with van der Waals surface area (Å²) >= 11 is 0. The molecular formula is C33H26. The minimum absolute atomic E-state index is 0.0336. The predicted octanol–water partition coefficient (Wildman–Crippen LogP) is 8.98. The summed E-state index contributed by atoms with van der Waals surface area (Å²) in [4.78, 5) is 0. The fourth-order valence-corrected chi connectivity index (χ4v) is 5.16. The summed E-state index contributed by atoms with van der Waals surface area (Å²) in [7, 11) is 0. The third kappa shape index (κ3) is 3.39. The maximum Gasteiger partial charge on any atom is 0.0159 e. The van der Waals surface area contributed by atoms with E-state index in [4.69, 9.17) is 0 Å². The van der Waals surface area contributed by atoms with Crippen molar-refractivity contribution in [2.24, 2.45) is 0 Å². The van der Waals surface area contributed by atoms with Crippen molar-refractivity contribution in [3.63, 3.8) is 0 Å². The Balaban J connectivity index is 1.39. The third-order valence-electron chi connectivity index (χ3n) is 7.05. The summed E-state index contributed by atoms with van der Waals surface area (Å²) < 4.78 is 0. The highest BCUT2D eigenvalue weighted by Crippen LogP contribution is 2.50. The van der Waals surface area contributed by atoms with Gasteiger partial charge in [-0.25, -0.2) is 0 Å². The summed E-state index contributed by atoms with van der Waals surface area (Å²) in [6, 6.07) is 39.7. The van der Waals surface area contributed by atoms with E-state index < -0.39 is 0 Å². The molecule has 1 aliphatic rings. The zero-order valence-electron chi connectivity index (χ0n) is 19.0. The Labute approximate surface area is 195 Å². The summed E-state index contributed by atoms with van der Waals surface area (Å²) in [6.45, 7) is 4.71. The molecule has 0 nitrogen and oxygen atoms in total.